The van der Waals surface area contributed by atoms with Crippen LogP contribution in [0.15, 0.2) is 40.2 Å². The minimum absolute atomic E-state index is 0.142. The number of piperidine rings is 1. The number of likely N-dealkylation sites (tertiary alicyclic amines) is 1. The van der Waals surface area contributed by atoms with Crippen LogP contribution in [0.25, 0.3) is 17.0 Å². The van der Waals surface area contributed by atoms with Crippen LogP contribution in [0.4, 0.5) is 5.82 Å². The Morgan fingerprint density at radius 3 is 2.62 bits per heavy atom. The van der Waals surface area contributed by atoms with E-state index in [-0.39, 0.29) is 5.91 Å². The lowest BCUT2D eigenvalue weighted by Crippen LogP contribution is -2.37. The van der Waals surface area contributed by atoms with Gasteiger partial charge in [-0.2, -0.15) is 4.99 Å². The van der Waals surface area contributed by atoms with Crippen LogP contribution in [0.3, 0.4) is 0 Å². The lowest BCUT2D eigenvalue weighted by molar-refractivity contribution is -0.113. The summed E-state index contributed by atoms with van der Waals surface area (Å²) in [6, 6.07) is 10.2. The van der Waals surface area contributed by atoms with Crippen molar-refractivity contribution in [3.63, 3.8) is 0 Å². The fourth-order valence-corrected chi connectivity index (χ4v) is 4.97. The van der Waals surface area contributed by atoms with E-state index < -0.39 is 0 Å². The molecule has 1 aromatic heterocycles. The van der Waals surface area contributed by atoms with Crippen LogP contribution in [0.5, 0.6) is 0 Å². The van der Waals surface area contributed by atoms with E-state index in [0.29, 0.717) is 18.1 Å². The monoisotopic (exact) mass is 408 g/mol. The maximum atomic E-state index is 12.6. The standard InChI is InChI=1S/C22H24N4O2S/c27-21-19(29-22(24-21)26-8-4-1-5-9-26)15-17-14-16-6-2-3-7-18(16)23-20(17)25-10-12-28-13-11-25/h2-3,6-7,14-15H,1,4-5,8-13H2/b19-15+. The van der Waals surface area contributed by atoms with Crippen LogP contribution in [0, 0.1) is 0 Å². The first-order chi connectivity index (χ1) is 14.3. The number of ether oxygens (including phenoxy) is 1. The molecule has 0 spiro atoms. The number of carbonyl (C=O) groups is 1. The molecule has 4 heterocycles. The molecule has 3 aliphatic heterocycles. The van der Waals surface area contributed by atoms with E-state index in [4.69, 9.17) is 9.72 Å². The molecule has 150 valence electrons. The second-order valence-electron chi connectivity index (χ2n) is 7.55. The highest BCUT2D eigenvalue weighted by molar-refractivity contribution is 8.18. The average Bonchev–Trinajstić information content (AvgIpc) is 3.15. The van der Waals surface area contributed by atoms with Crippen molar-refractivity contribution in [1.82, 2.24) is 9.88 Å². The van der Waals surface area contributed by atoms with Crippen LogP contribution in [-0.2, 0) is 9.53 Å². The van der Waals surface area contributed by atoms with Crippen molar-refractivity contribution in [2.75, 3.05) is 44.3 Å². The van der Waals surface area contributed by atoms with Gasteiger partial charge in [-0.3, -0.25) is 4.79 Å². The van der Waals surface area contributed by atoms with Crippen molar-refractivity contribution >= 4 is 45.6 Å². The van der Waals surface area contributed by atoms with Crippen molar-refractivity contribution in [1.29, 1.82) is 0 Å². The molecule has 7 heteroatoms. The summed E-state index contributed by atoms with van der Waals surface area (Å²) in [4.78, 5) is 27.1. The zero-order valence-electron chi connectivity index (χ0n) is 16.3. The van der Waals surface area contributed by atoms with E-state index in [1.807, 2.05) is 24.3 Å². The number of morpholine rings is 1. The van der Waals surface area contributed by atoms with Crippen molar-refractivity contribution in [3.8, 4) is 0 Å². The summed E-state index contributed by atoms with van der Waals surface area (Å²) in [5.74, 6) is 0.774. The fraction of sp³-hybridized carbons (Fsp3) is 0.409. The molecule has 1 aromatic carbocycles. The molecule has 2 aromatic rings. The summed E-state index contributed by atoms with van der Waals surface area (Å²) < 4.78 is 5.51. The van der Waals surface area contributed by atoms with Crippen LogP contribution in [0.1, 0.15) is 24.8 Å². The molecule has 1 amide bonds. The molecule has 29 heavy (non-hydrogen) atoms. The molecule has 0 unspecified atom stereocenters. The SMILES string of the molecule is O=C1N=C(N2CCCCC2)S/C1=C/c1cc2ccccc2nc1N1CCOCC1. The summed E-state index contributed by atoms with van der Waals surface area (Å²) in [6.07, 6.45) is 5.57. The van der Waals surface area contributed by atoms with Crippen LogP contribution in [0.2, 0.25) is 0 Å². The molecule has 0 N–H and O–H groups in total. The Morgan fingerprint density at radius 1 is 1.00 bits per heavy atom. The lowest BCUT2D eigenvalue weighted by atomic mass is 10.1. The van der Waals surface area contributed by atoms with Crippen LogP contribution < -0.4 is 4.90 Å². The van der Waals surface area contributed by atoms with Crippen molar-refractivity contribution in [2.24, 2.45) is 4.99 Å². The third-order valence-corrected chi connectivity index (χ3v) is 6.61. The number of carbonyl (C=O) groups excluding carboxylic acids is 1. The van der Waals surface area contributed by atoms with Gasteiger partial charge in [0.15, 0.2) is 5.17 Å². The summed E-state index contributed by atoms with van der Waals surface area (Å²) in [6.45, 7) is 4.98. The topological polar surface area (TPSA) is 58.0 Å². The molecular weight excluding hydrogens is 384 g/mol. The summed E-state index contributed by atoms with van der Waals surface area (Å²) in [7, 11) is 0. The Kier molecular flexibility index (Phi) is 5.24. The molecule has 2 fully saturated rings. The Hall–Kier alpha value is -2.38. The van der Waals surface area contributed by atoms with Gasteiger partial charge in [0.2, 0.25) is 0 Å². The first-order valence-corrected chi connectivity index (χ1v) is 11.1. The van der Waals surface area contributed by atoms with Gasteiger partial charge >= 0.3 is 0 Å². The van der Waals surface area contributed by atoms with Gasteiger partial charge in [0, 0.05) is 37.1 Å². The number of nitrogens with zero attached hydrogens (tertiary/aromatic N) is 4. The molecule has 0 aliphatic carbocycles. The number of aliphatic imine (C=N–C) groups is 1. The smallest absolute Gasteiger partial charge is 0.286 e. The van der Waals surface area contributed by atoms with E-state index >= 15 is 0 Å². The number of amidine groups is 1. The van der Waals surface area contributed by atoms with Gasteiger partial charge in [0.25, 0.3) is 5.91 Å². The number of amides is 1. The number of aromatic nitrogens is 1. The maximum absolute atomic E-state index is 12.6. The minimum atomic E-state index is -0.142. The van der Waals surface area contributed by atoms with Crippen LogP contribution >= 0.6 is 11.8 Å². The third kappa shape index (κ3) is 3.89. The highest BCUT2D eigenvalue weighted by Crippen LogP contribution is 2.34. The second kappa shape index (κ2) is 8.16. The Labute approximate surface area is 174 Å². The number of thioether (sulfide) groups is 1. The molecule has 0 atom stereocenters. The molecule has 3 aliphatic rings. The summed E-state index contributed by atoms with van der Waals surface area (Å²) in [5.41, 5.74) is 1.93. The second-order valence-corrected chi connectivity index (χ2v) is 8.56. The highest BCUT2D eigenvalue weighted by Gasteiger charge is 2.27. The van der Waals surface area contributed by atoms with Crippen molar-refractivity contribution in [3.05, 3.63) is 40.8 Å². The van der Waals surface area contributed by atoms with Gasteiger partial charge in [-0.1, -0.05) is 18.2 Å². The first-order valence-electron chi connectivity index (χ1n) is 10.3. The summed E-state index contributed by atoms with van der Waals surface area (Å²) >= 11 is 1.50. The Morgan fingerprint density at radius 2 is 1.79 bits per heavy atom. The molecule has 0 bridgehead atoms. The first kappa shape index (κ1) is 18.6. The molecule has 5 rings (SSSR count). The Balaban J connectivity index is 1.49. The quantitative estimate of drug-likeness (QED) is 0.709. The zero-order chi connectivity index (χ0) is 19.6. The summed E-state index contributed by atoms with van der Waals surface area (Å²) in [5, 5.41) is 1.92. The number of pyridine rings is 1. The molecule has 0 saturated carbocycles. The van der Waals surface area contributed by atoms with Gasteiger partial charge in [-0.25, -0.2) is 4.98 Å². The number of hydrogen-bond donors (Lipinski definition) is 0. The van der Waals surface area contributed by atoms with E-state index in [0.717, 1.165) is 53.6 Å². The largest absolute Gasteiger partial charge is 0.378 e. The van der Waals surface area contributed by atoms with Crippen molar-refractivity contribution in [2.45, 2.75) is 19.3 Å². The number of hydrogen-bond acceptors (Lipinski definition) is 6. The van der Waals surface area contributed by atoms with Crippen LogP contribution in [-0.4, -0.2) is 60.4 Å². The normalized spacial score (nSPS) is 21.9. The van der Waals surface area contributed by atoms with Gasteiger partial charge in [0.1, 0.15) is 5.82 Å². The van der Waals surface area contributed by atoms with E-state index in [1.165, 1.54) is 31.0 Å². The number of fused-ring (bicyclic) bond motifs is 1. The zero-order valence-corrected chi connectivity index (χ0v) is 17.2. The van der Waals surface area contributed by atoms with Crippen molar-refractivity contribution < 1.29 is 9.53 Å². The fourth-order valence-electron chi connectivity index (χ4n) is 4.02. The van der Waals surface area contributed by atoms with E-state index in [2.05, 4.69) is 26.9 Å². The molecule has 6 nitrogen and oxygen atoms in total. The van der Waals surface area contributed by atoms with Gasteiger partial charge in [-0.05, 0) is 49.2 Å². The minimum Gasteiger partial charge on any atom is -0.378 e. The molecule has 0 radical (unpaired) electrons. The number of anilines is 1. The maximum Gasteiger partial charge on any atom is 0.286 e. The Bertz CT molecular complexity index is 991. The number of para-hydroxylation sites is 1. The predicted molar refractivity (Wildman–Crippen MR) is 118 cm³/mol. The highest BCUT2D eigenvalue weighted by atomic mass is 32.2. The average molecular weight is 409 g/mol. The van der Waals surface area contributed by atoms with E-state index in [9.17, 15) is 4.79 Å². The lowest BCUT2D eigenvalue weighted by Gasteiger charge is -2.29. The number of benzene rings is 1. The molecular formula is C22H24N4O2S. The van der Waals surface area contributed by atoms with Gasteiger partial charge in [0.05, 0.1) is 23.6 Å². The van der Waals surface area contributed by atoms with E-state index in [1.54, 1.807) is 0 Å². The van der Waals surface area contributed by atoms with Gasteiger partial charge < -0.3 is 14.5 Å². The predicted octanol–water partition coefficient (Wildman–Crippen LogP) is 3.53. The number of rotatable bonds is 2. The van der Waals surface area contributed by atoms with Gasteiger partial charge in [-0.15, -0.1) is 0 Å². The third-order valence-electron chi connectivity index (χ3n) is 5.57. The molecule has 2 saturated heterocycles.